The Bertz CT molecular complexity index is 477. The summed E-state index contributed by atoms with van der Waals surface area (Å²) in [5.41, 5.74) is 0. The maximum absolute atomic E-state index is 3.60. The smallest absolute Gasteiger partial charge is 0.247 e. The monoisotopic (exact) mass is 419 g/mol. The molecule has 0 aliphatic heterocycles. The quantitative estimate of drug-likeness (QED) is 0.151. The predicted octanol–water partition coefficient (Wildman–Crippen LogP) is 9.42. The van der Waals surface area contributed by atoms with Crippen molar-refractivity contribution in [3.63, 3.8) is 0 Å². The average Bonchev–Trinajstić information content (AvgIpc) is 3.23. The van der Waals surface area contributed by atoms with E-state index < -0.39 is 0 Å². The largest absolute Gasteiger partial charge is 0.257 e. The molecule has 0 radical (unpaired) electrons. The van der Waals surface area contributed by atoms with Gasteiger partial charge in [-0.2, -0.15) is 0 Å². The number of rotatable bonds is 21. The maximum atomic E-state index is 3.60. The number of nitrogens with zero attached hydrogens (tertiary/aromatic N) is 1. The molecule has 2 nitrogen and oxygen atoms in total. The van der Waals surface area contributed by atoms with E-state index in [-0.39, 0.29) is 0 Å². The van der Waals surface area contributed by atoms with E-state index >= 15 is 0 Å². The van der Waals surface area contributed by atoms with Crippen LogP contribution in [0.1, 0.15) is 167 Å². The second-order valence-electron chi connectivity index (χ2n) is 9.92. The third kappa shape index (κ3) is 12.8. The Labute approximate surface area is 189 Å². The summed E-state index contributed by atoms with van der Waals surface area (Å²) in [7, 11) is 0. The van der Waals surface area contributed by atoms with Gasteiger partial charge in [0.25, 0.3) is 5.82 Å². The molecule has 0 bridgehead atoms. The summed E-state index contributed by atoms with van der Waals surface area (Å²) in [6.07, 6.45) is 31.3. The van der Waals surface area contributed by atoms with Gasteiger partial charge < -0.3 is 0 Å². The fourth-order valence-corrected chi connectivity index (χ4v) is 4.78. The minimum absolute atomic E-state index is 0.551. The Hall–Kier alpha value is -0.790. The van der Waals surface area contributed by atoms with Crippen LogP contribution in [0.4, 0.5) is 0 Å². The number of hydrogen-bond donors (Lipinski definition) is 1. The van der Waals surface area contributed by atoms with Crippen molar-refractivity contribution in [3.05, 3.63) is 18.2 Å². The molecule has 0 amide bonds. The van der Waals surface area contributed by atoms with Crippen molar-refractivity contribution in [2.45, 2.75) is 162 Å². The molecule has 0 aliphatic rings. The van der Waals surface area contributed by atoms with E-state index in [1.54, 1.807) is 0 Å². The van der Waals surface area contributed by atoms with Crippen molar-refractivity contribution >= 4 is 0 Å². The highest BCUT2D eigenvalue weighted by molar-refractivity contribution is 4.90. The molecule has 1 rings (SSSR count). The Morgan fingerprint density at radius 1 is 0.633 bits per heavy atom. The van der Waals surface area contributed by atoms with Gasteiger partial charge in [0.05, 0.1) is 12.0 Å². The minimum atomic E-state index is 0.551. The molecule has 0 aromatic carbocycles. The third-order valence-corrected chi connectivity index (χ3v) is 6.75. The molecule has 176 valence electrons. The predicted molar refractivity (Wildman–Crippen MR) is 133 cm³/mol. The van der Waals surface area contributed by atoms with Crippen LogP contribution < -0.4 is 4.57 Å². The van der Waals surface area contributed by atoms with E-state index in [4.69, 9.17) is 0 Å². The van der Waals surface area contributed by atoms with Crippen molar-refractivity contribution in [3.8, 4) is 0 Å². The molecule has 0 saturated heterocycles. The van der Waals surface area contributed by atoms with Crippen molar-refractivity contribution in [1.29, 1.82) is 0 Å². The van der Waals surface area contributed by atoms with Crippen LogP contribution in [-0.2, 0) is 0 Å². The molecular weight excluding hydrogens is 364 g/mol. The van der Waals surface area contributed by atoms with Gasteiger partial charge in [0, 0.05) is 0 Å². The molecule has 0 saturated carbocycles. The Morgan fingerprint density at radius 3 is 1.43 bits per heavy atom. The highest BCUT2D eigenvalue weighted by atomic mass is 15.1. The lowest BCUT2D eigenvalue weighted by molar-refractivity contribution is -0.723. The van der Waals surface area contributed by atoms with Gasteiger partial charge >= 0.3 is 0 Å². The summed E-state index contributed by atoms with van der Waals surface area (Å²) in [6, 6.07) is 0.551. The topological polar surface area (TPSA) is 19.7 Å². The van der Waals surface area contributed by atoms with Gasteiger partial charge in [0.2, 0.25) is 0 Å². The van der Waals surface area contributed by atoms with Crippen LogP contribution in [0.2, 0.25) is 0 Å². The van der Waals surface area contributed by atoms with Crippen molar-refractivity contribution in [1.82, 2.24) is 4.98 Å². The van der Waals surface area contributed by atoms with E-state index in [1.807, 2.05) is 0 Å². The zero-order valence-electron chi connectivity index (χ0n) is 21.2. The van der Waals surface area contributed by atoms with Crippen LogP contribution in [-0.4, -0.2) is 4.98 Å². The summed E-state index contributed by atoms with van der Waals surface area (Å²) < 4.78 is 2.47. The molecule has 1 N–H and O–H groups in total. The van der Waals surface area contributed by atoms with Crippen LogP contribution in [0.25, 0.3) is 0 Å². The first-order valence-corrected chi connectivity index (χ1v) is 13.8. The second-order valence-corrected chi connectivity index (χ2v) is 9.92. The molecule has 1 aromatic heterocycles. The number of unbranched alkanes of at least 4 members (excludes halogenated alkanes) is 15. The molecule has 0 fully saturated rings. The van der Waals surface area contributed by atoms with Crippen molar-refractivity contribution in [2.75, 3.05) is 0 Å². The third-order valence-electron chi connectivity index (χ3n) is 6.75. The number of imidazole rings is 1. The van der Waals surface area contributed by atoms with Gasteiger partial charge in [0.15, 0.2) is 0 Å². The summed E-state index contributed by atoms with van der Waals surface area (Å²) in [6.45, 7) is 9.22. The first-order chi connectivity index (χ1) is 14.7. The molecule has 0 aliphatic carbocycles. The van der Waals surface area contributed by atoms with E-state index in [9.17, 15) is 0 Å². The standard InChI is InChI=1S/C28H54N2/c1-5-7-9-11-13-14-15-17-19-21-23-27(22-20-18-16-12-10-8-6-2)28-29-24-25-30(28)26(3)4/h24-27H,5-23H2,1-4H3/p+1/t27-/m0/s1. The zero-order valence-corrected chi connectivity index (χ0v) is 21.2. The van der Waals surface area contributed by atoms with Crippen molar-refractivity contribution in [2.24, 2.45) is 0 Å². The molecular formula is C28H55N2+. The number of hydrogen-bond acceptors (Lipinski definition) is 0. The van der Waals surface area contributed by atoms with Crippen LogP contribution in [0.5, 0.6) is 0 Å². The first-order valence-electron chi connectivity index (χ1n) is 13.8. The molecule has 1 atom stereocenters. The van der Waals surface area contributed by atoms with E-state index in [0.29, 0.717) is 12.0 Å². The van der Waals surface area contributed by atoms with E-state index in [0.717, 1.165) is 0 Å². The van der Waals surface area contributed by atoms with Gasteiger partial charge in [-0.15, -0.1) is 0 Å². The fraction of sp³-hybridized carbons (Fsp3) is 0.893. The molecule has 1 heterocycles. The van der Waals surface area contributed by atoms with Gasteiger partial charge in [-0.3, -0.25) is 0 Å². The summed E-state index contributed by atoms with van der Waals surface area (Å²) in [5.74, 6) is 2.19. The Morgan fingerprint density at radius 2 is 1.03 bits per heavy atom. The number of aromatic amines is 1. The lowest BCUT2D eigenvalue weighted by Crippen LogP contribution is -2.39. The highest BCUT2D eigenvalue weighted by Gasteiger charge is 2.23. The summed E-state index contributed by atoms with van der Waals surface area (Å²) >= 11 is 0. The van der Waals surface area contributed by atoms with Gasteiger partial charge in [-0.25, -0.2) is 9.55 Å². The average molecular weight is 420 g/mol. The van der Waals surface area contributed by atoms with Gasteiger partial charge in [-0.1, -0.05) is 123 Å². The number of H-pyrrole nitrogens is 1. The zero-order chi connectivity index (χ0) is 21.9. The van der Waals surface area contributed by atoms with Crippen LogP contribution in [0.3, 0.4) is 0 Å². The maximum Gasteiger partial charge on any atom is 0.257 e. The highest BCUT2D eigenvalue weighted by Crippen LogP contribution is 2.26. The molecule has 2 heteroatoms. The van der Waals surface area contributed by atoms with E-state index in [2.05, 4.69) is 49.6 Å². The summed E-state index contributed by atoms with van der Waals surface area (Å²) in [5, 5.41) is 0. The summed E-state index contributed by atoms with van der Waals surface area (Å²) in [4.78, 5) is 3.60. The van der Waals surface area contributed by atoms with Crippen LogP contribution in [0, 0.1) is 0 Å². The SMILES string of the molecule is CCCCCCCCCCCC[C@H](CCCCCCCCC)c1[nH]cc[n+]1C(C)C. The van der Waals surface area contributed by atoms with E-state index in [1.165, 1.54) is 128 Å². The molecule has 0 spiro atoms. The Balaban J connectivity index is 2.29. The molecule has 1 aromatic rings. The second kappa shape index (κ2) is 18.9. The molecule has 30 heavy (non-hydrogen) atoms. The fourth-order valence-electron chi connectivity index (χ4n) is 4.78. The first kappa shape index (κ1) is 27.2. The number of nitrogens with one attached hydrogen (secondary N) is 1. The lowest BCUT2D eigenvalue weighted by Gasteiger charge is -2.15. The minimum Gasteiger partial charge on any atom is -0.247 e. The van der Waals surface area contributed by atoms with Gasteiger partial charge in [-0.05, 0) is 26.7 Å². The lowest BCUT2D eigenvalue weighted by atomic mass is 9.93. The van der Waals surface area contributed by atoms with Gasteiger partial charge in [0.1, 0.15) is 12.4 Å². The number of aromatic nitrogens is 2. The Kier molecular flexibility index (Phi) is 17.2. The van der Waals surface area contributed by atoms with Crippen LogP contribution in [0.15, 0.2) is 12.4 Å². The van der Waals surface area contributed by atoms with Crippen molar-refractivity contribution < 1.29 is 4.57 Å². The van der Waals surface area contributed by atoms with Crippen LogP contribution >= 0.6 is 0 Å². The normalized spacial score (nSPS) is 12.7. The molecule has 0 unspecified atom stereocenters.